The average molecular weight is 227 g/mol. The fraction of sp³-hybridized carbons (Fsp3) is 1.00. The van der Waals surface area contributed by atoms with E-state index in [0.717, 1.165) is 25.0 Å². The largest absolute Gasteiger partial charge is 0.375 e. The van der Waals surface area contributed by atoms with Crippen LogP contribution in [0.25, 0.3) is 0 Å². The van der Waals surface area contributed by atoms with E-state index in [-0.39, 0.29) is 5.60 Å². The summed E-state index contributed by atoms with van der Waals surface area (Å²) in [6.07, 6.45) is 5.68. The van der Waals surface area contributed by atoms with Crippen molar-refractivity contribution < 1.29 is 4.74 Å². The van der Waals surface area contributed by atoms with E-state index < -0.39 is 0 Å². The summed E-state index contributed by atoms with van der Waals surface area (Å²) < 4.78 is 5.68. The Labute approximate surface area is 101 Å². The molecular formula is C14H29NO. The highest BCUT2D eigenvalue weighted by molar-refractivity contribution is 4.72. The molecule has 2 nitrogen and oxygen atoms in total. The van der Waals surface area contributed by atoms with Crippen LogP contribution in [0.4, 0.5) is 0 Å². The molecule has 0 radical (unpaired) electrons. The van der Waals surface area contributed by atoms with Crippen LogP contribution in [0.3, 0.4) is 0 Å². The van der Waals surface area contributed by atoms with Gasteiger partial charge in [0.25, 0.3) is 0 Å². The third kappa shape index (κ3) is 6.49. The lowest BCUT2D eigenvalue weighted by Crippen LogP contribution is -2.31. The third-order valence-electron chi connectivity index (χ3n) is 3.29. The Morgan fingerprint density at radius 1 is 1.25 bits per heavy atom. The van der Waals surface area contributed by atoms with E-state index in [1.807, 2.05) is 0 Å². The highest BCUT2D eigenvalue weighted by atomic mass is 16.5. The molecule has 1 N–H and O–H groups in total. The van der Waals surface area contributed by atoms with Gasteiger partial charge in [-0.05, 0) is 52.0 Å². The molecule has 0 spiro atoms. The molecule has 16 heavy (non-hydrogen) atoms. The minimum absolute atomic E-state index is 0.00102. The van der Waals surface area contributed by atoms with E-state index in [9.17, 15) is 0 Å². The summed E-state index contributed by atoms with van der Waals surface area (Å²) in [5.41, 5.74) is 0.00102. The fourth-order valence-corrected chi connectivity index (χ4v) is 2.48. The molecule has 0 bridgehead atoms. The van der Waals surface area contributed by atoms with Gasteiger partial charge in [-0.25, -0.2) is 0 Å². The Bertz CT molecular complexity index is 186. The van der Waals surface area contributed by atoms with Crippen molar-refractivity contribution in [1.29, 1.82) is 0 Å². The highest BCUT2D eigenvalue weighted by Gasteiger charge is 2.18. The van der Waals surface area contributed by atoms with Gasteiger partial charge in [-0.15, -0.1) is 0 Å². The maximum absolute atomic E-state index is 5.68. The molecule has 0 aromatic carbocycles. The van der Waals surface area contributed by atoms with E-state index in [1.54, 1.807) is 0 Å². The third-order valence-corrected chi connectivity index (χ3v) is 3.29. The zero-order valence-electron chi connectivity index (χ0n) is 11.5. The normalized spacial score (nSPS) is 27.0. The molecule has 1 rings (SSSR count). The molecule has 0 amide bonds. The van der Waals surface area contributed by atoms with Crippen molar-refractivity contribution in [3.8, 4) is 0 Å². The van der Waals surface area contributed by atoms with Crippen LogP contribution in [0, 0.1) is 11.8 Å². The van der Waals surface area contributed by atoms with Gasteiger partial charge in [0.2, 0.25) is 0 Å². The Hall–Kier alpha value is -0.0800. The molecule has 1 saturated carbocycles. The molecule has 0 aliphatic heterocycles. The maximum Gasteiger partial charge on any atom is 0.0599 e. The smallest absolute Gasteiger partial charge is 0.0599 e. The molecule has 1 aliphatic rings. The number of ether oxygens (including phenoxy) is 1. The van der Waals surface area contributed by atoms with Crippen LogP contribution >= 0.6 is 0 Å². The van der Waals surface area contributed by atoms with Gasteiger partial charge in [-0.3, -0.25) is 0 Å². The predicted octanol–water partition coefficient (Wildman–Crippen LogP) is 3.22. The number of hydrogen-bond acceptors (Lipinski definition) is 2. The first kappa shape index (κ1) is 14.0. The molecular weight excluding hydrogens is 198 g/mol. The summed E-state index contributed by atoms with van der Waals surface area (Å²) in [4.78, 5) is 0. The van der Waals surface area contributed by atoms with Crippen LogP contribution in [0.5, 0.6) is 0 Å². The molecule has 0 saturated heterocycles. The first-order valence-corrected chi connectivity index (χ1v) is 6.82. The fourth-order valence-electron chi connectivity index (χ4n) is 2.48. The van der Waals surface area contributed by atoms with E-state index >= 15 is 0 Å². The molecule has 2 atom stereocenters. The van der Waals surface area contributed by atoms with E-state index in [2.05, 4.69) is 33.0 Å². The van der Waals surface area contributed by atoms with Crippen molar-refractivity contribution in [2.75, 3.05) is 19.7 Å². The highest BCUT2D eigenvalue weighted by Crippen LogP contribution is 2.27. The molecule has 2 heteroatoms. The van der Waals surface area contributed by atoms with Gasteiger partial charge in [0, 0.05) is 6.54 Å². The monoisotopic (exact) mass is 227 g/mol. The Balaban J connectivity index is 1.98. The van der Waals surface area contributed by atoms with Gasteiger partial charge >= 0.3 is 0 Å². The first-order chi connectivity index (χ1) is 7.47. The second-order valence-electron chi connectivity index (χ2n) is 6.30. The van der Waals surface area contributed by atoms with Crippen LogP contribution in [0.1, 0.15) is 53.4 Å². The Morgan fingerprint density at radius 2 is 2.00 bits per heavy atom. The van der Waals surface area contributed by atoms with Crippen molar-refractivity contribution in [1.82, 2.24) is 5.32 Å². The zero-order valence-corrected chi connectivity index (χ0v) is 11.5. The SMILES string of the molecule is CC1CCCC(CNCCOC(C)(C)C)C1. The van der Waals surface area contributed by atoms with Crippen LogP contribution in [0.2, 0.25) is 0 Å². The average Bonchev–Trinajstić information content (AvgIpc) is 2.15. The minimum Gasteiger partial charge on any atom is -0.375 e. The summed E-state index contributed by atoms with van der Waals surface area (Å²) >= 11 is 0. The Morgan fingerprint density at radius 3 is 2.62 bits per heavy atom. The Kier molecular flexibility index (Phi) is 5.77. The standard InChI is InChI=1S/C14H29NO/c1-12-6-5-7-13(10-12)11-15-8-9-16-14(2,3)4/h12-13,15H,5-11H2,1-4H3. The molecule has 96 valence electrons. The predicted molar refractivity (Wildman–Crippen MR) is 69.7 cm³/mol. The lowest BCUT2D eigenvalue weighted by atomic mass is 9.82. The summed E-state index contributed by atoms with van der Waals surface area (Å²) in [6.45, 7) is 11.7. The van der Waals surface area contributed by atoms with Crippen molar-refractivity contribution in [3.05, 3.63) is 0 Å². The van der Waals surface area contributed by atoms with E-state index in [1.165, 1.54) is 32.2 Å². The van der Waals surface area contributed by atoms with Crippen LogP contribution in [-0.2, 0) is 4.74 Å². The van der Waals surface area contributed by atoms with Crippen LogP contribution in [-0.4, -0.2) is 25.3 Å². The van der Waals surface area contributed by atoms with Gasteiger partial charge in [-0.2, -0.15) is 0 Å². The molecule has 1 aliphatic carbocycles. The van der Waals surface area contributed by atoms with Crippen molar-refractivity contribution in [2.45, 2.75) is 59.0 Å². The molecule has 1 fully saturated rings. The van der Waals surface area contributed by atoms with Gasteiger partial charge < -0.3 is 10.1 Å². The lowest BCUT2D eigenvalue weighted by Gasteiger charge is -2.27. The second-order valence-corrected chi connectivity index (χ2v) is 6.30. The summed E-state index contributed by atoms with van der Waals surface area (Å²) in [6, 6.07) is 0. The van der Waals surface area contributed by atoms with Crippen LogP contribution in [0.15, 0.2) is 0 Å². The summed E-state index contributed by atoms with van der Waals surface area (Å²) in [5, 5.41) is 3.52. The number of nitrogens with one attached hydrogen (secondary N) is 1. The molecule has 0 heterocycles. The van der Waals surface area contributed by atoms with Crippen molar-refractivity contribution in [3.63, 3.8) is 0 Å². The van der Waals surface area contributed by atoms with E-state index in [4.69, 9.17) is 4.74 Å². The van der Waals surface area contributed by atoms with Gasteiger partial charge in [0.15, 0.2) is 0 Å². The quantitative estimate of drug-likeness (QED) is 0.728. The van der Waals surface area contributed by atoms with Gasteiger partial charge in [0.05, 0.1) is 12.2 Å². The number of hydrogen-bond donors (Lipinski definition) is 1. The zero-order chi connectivity index (χ0) is 12.0. The molecule has 0 aromatic rings. The molecule has 0 aromatic heterocycles. The maximum atomic E-state index is 5.68. The van der Waals surface area contributed by atoms with Crippen molar-refractivity contribution >= 4 is 0 Å². The van der Waals surface area contributed by atoms with Gasteiger partial charge in [-0.1, -0.05) is 19.8 Å². The minimum atomic E-state index is 0.00102. The number of rotatable bonds is 5. The van der Waals surface area contributed by atoms with Crippen LogP contribution < -0.4 is 5.32 Å². The summed E-state index contributed by atoms with van der Waals surface area (Å²) in [5.74, 6) is 1.84. The van der Waals surface area contributed by atoms with Crippen molar-refractivity contribution in [2.24, 2.45) is 11.8 Å². The second kappa shape index (κ2) is 6.61. The lowest BCUT2D eigenvalue weighted by molar-refractivity contribution is -0.00116. The topological polar surface area (TPSA) is 21.3 Å². The summed E-state index contributed by atoms with van der Waals surface area (Å²) in [7, 11) is 0. The first-order valence-electron chi connectivity index (χ1n) is 6.82. The molecule has 2 unspecified atom stereocenters. The van der Waals surface area contributed by atoms with E-state index in [0.29, 0.717) is 0 Å². The van der Waals surface area contributed by atoms with Gasteiger partial charge in [0.1, 0.15) is 0 Å².